The third-order valence-electron chi connectivity index (χ3n) is 2.67. The number of thioether (sulfide) groups is 1. The smallest absolute Gasteiger partial charge is 0.321 e. The van der Waals surface area contributed by atoms with Crippen LogP contribution < -0.4 is 15.4 Å². The quantitative estimate of drug-likeness (QED) is 0.706. The monoisotopic (exact) mass is 322 g/mol. The predicted octanol–water partition coefficient (Wildman–Crippen LogP) is 1.90. The van der Waals surface area contributed by atoms with Crippen molar-refractivity contribution in [2.45, 2.75) is 19.0 Å². The van der Waals surface area contributed by atoms with Crippen LogP contribution in [-0.2, 0) is 4.79 Å². The van der Waals surface area contributed by atoms with Crippen LogP contribution in [0.4, 0.5) is 4.79 Å². The molecule has 7 nitrogen and oxygen atoms in total. The average Bonchev–Trinajstić information content (AvgIpc) is 2.88. The average molecular weight is 322 g/mol. The maximum atomic E-state index is 11.6. The number of H-pyrrole nitrogens is 1. The van der Waals surface area contributed by atoms with Crippen LogP contribution in [0.5, 0.6) is 5.75 Å². The van der Waals surface area contributed by atoms with Gasteiger partial charge in [0, 0.05) is 12.6 Å². The molecule has 3 N–H and O–H groups in total. The lowest BCUT2D eigenvalue weighted by Crippen LogP contribution is -2.40. The number of nitrogens with zero attached hydrogens (tertiary/aromatic N) is 1. The highest BCUT2D eigenvalue weighted by Gasteiger charge is 2.10. The van der Waals surface area contributed by atoms with Gasteiger partial charge >= 0.3 is 6.03 Å². The number of carbonyl (C=O) groups excluding carboxylic acids is 2. The van der Waals surface area contributed by atoms with E-state index in [1.54, 1.807) is 6.92 Å². The first-order valence-corrected chi connectivity index (χ1v) is 7.94. The lowest BCUT2D eigenvalue weighted by molar-refractivity contribution is -0.117. The van der Waals surface area contributed by atoms with Crippen LogP contribution in [0.3, 0.4) is 0 Å². The largest absolute Gasteiger partial charge is 0.494 e. The molecule has 0 atom stereocenters. The molecular weight excluding hydrogens is 304 g/mol. The van der Waals surface area contributed by atoms with E-state index in [1.807, 2.05) is 25.1 Å². The van der Waals surface area contributed by atoms with Crippen LogP contribution in [0, 0.1) is 0 Å². The number of aromatic nitrogens is 2. The fourth-order valence-corrected chi connectivity index (χ4v) is 2.48. The number of fused-ring (bicyclic) bond motifs is 1. The van der Waals surface area contributed by atoms with Gasteiger partial charge in [0.05, 0.1) is 23.4 Å². The molecule has 2 aromatic rings. The van der Waals surface area contributed by atoms with Crippen LogP contribution >= 0.6 is 11.8 Å². The van der Waals surface area contributed by atoms with Gasteiger partial charge in [-0.1, -0.05) is 11.8 Å². The summed E-state index contributed by atoms with van der Waals surface area (Å²) in [6.07, 6.45) is 0. The number of rotatable bonds is 6. The van der Waals surface area contributed by atoms with Gasteiger partial charge in [0.2, 0.25) is 5.91 Å². The summed E-state index contributed by atoms with van der Waals surface area (Å²) in [5.74, 6) is 0.505. The van der Waals surface area contributed by atoms with Crippen LogP contribution in [-0.4, -0.2) is 40.8 Å². The molecule has 8 heteroatoms. The van der Waals surface area contributed by atoms with E-state index in [9.17, 15) is 9.59 Å². The Bertz CT molecular complexity index is 671. The van der Waals surface area contributed by atoms with Gasteiger partial charge in [-0.15, -0.1) is 0 Å². The maximum absolute atomic E-state index is 11.6. The molecular formula is C14H18N4O3S. The molecule has 118 valence electrons. The van der Waals surface area contributed by atoms with E-state index in [0.717, 1.165) is 16.8 Å². The molecule has 1 aromatic heterocycles. The number of imidazole rings is 1. The van der Waals surface area contributed by atoms with Crippen molar-refractivity contribution in [2.75, 3.05) is 18.9 Å². The Kier molecular flexibility index (Phi) is 5.65. The second-order valence-corrected chi connectivity index (χ2v) is 5.31. The second-order valence-electron chi connectivity index (χ2n) is 4.35. The molecule has 0 aliphatic carbocycles. The molecule has 0 spiro atoms. The van der Waals surface area contributed by atoms with Crippen molar-refractivity contribution in [1.82, 2.24) is 20.6 Å². The molecule has 2 rings (SSSR count). The minimum atomic E-state index is -0.487. The van der Waals surface area contributed by atoms with Crippen molar-refractivity contribution in [2.24, 2.45) is 0 Å². The van der Waals surface area contributed by atoms with Crippen molar-refractivity contribution in [3.8, 4) is 5.75 Å². The van der Waals surface area contributed by atoms with E-state index < -0.39 is 6.03 Å². The molecule has 0 saturated carbocycles. The van der Waals surface area contributed by atoms with Crippen LogP contribution in [0.15, 0.2) is 23.4 Å². The number of aromatic amines is 1. The van der Waals surface area contributed by atoms with E-state index in [4.69, 9.17) is 4.74 Å². The van der Waals surface area contributed by atoms with Crippen molar-refractivity contribution >= 4 is 34.7 Å². The number of amides is 3. The van der Waals surface area contributed by atoms with E-state index in [1.165, 1.54) is 11.8 Å². The van der Waals surface area contributed by atoms with Gasteiger partial charge in [-0.05, 0) is 26.0 Å². The molecule has 0 aliphatic rings. The van der Waals surface area contributed by atoms with E-state index in [0.29, 0.717) is 18.3 Å². The molecule has 0 fully saturated rings. The highest BCUT2D eigenvalue weighted by molar-refractivity contribution is 7.99. The Morgan fingerprint density at radius 1 is 1.36 bits per heavy atom. The van der Waals surface area contributed by atoms with E-state index in [2.05, 4.69) is 20.6 Å². The van der Waals surface area contributed by atoms with Gasteiger partial charge in [-0.2, -0.15) is 0 Å². The van der Waals surface area contributed by atoms with Crippen LogP contribution in [0.25, 0.3) is 11.0 Å². The summed E-state index contributed by atoms with van der Waals surface area (Å²) >= 11 is 1.23. The number of benzene rings is 1. The normalized spacial score (nSPS) is 10.5. The summed E-state index contributed by atoms with van der Waals surface area (Å²) in [6, 6.07) is 5.09. The molecule has 0 aliphatic heterocycles. The summed E-state index contributed by atoms with van der Waals surface area (Å²) in [5, 5.41) is 5.36. The zero-order valence-corrected chi connectivity index (χ0v) is 13.3. The van der Waals surface area contributed by atoms with Gasteiger partial charge in [0.15, 0.2) is 5.16 Å². The Hall–Kier alpha value is -2.22. The number of imide groups is 1. The molecule has 3 amide bonds. The molecule has 0 saturated heterocycles. The van der Waals surface area contributed by atoms with E-state index in [-0.39, 0.29) is 11.7 Å². The van der Waals surface area contributed by atoms with Gasteiger partial charge < -0.3 is 15.0 Å². The van der Waals surface area contributed by atoms with Crippen molar-refractivity contribution < 1.29 is 14.3 Å². The number of hydrogen-bond acceptors (Lipinski definition) is 5. The number of hydrogen-bond donors (Lipinski definition) is 3. The van der Waals surface area contributed by atoms with Gasteiger partial charge in [-0.25, -0.2) is 9.78 Å². The van der Waals surface area contributed by atoms with Crippen molar-refractivity contribution in [1.29, 1.82) is 0 Å². The number of carbonyl (C=O) groups is 2. The third kappa shape index (κ3) is 4.39. The lowest BCUT2D eigenvalue weighted by atomic mass is 10.3. The number of ether oxygens (including phenoxy) is 1. The highest BCUT2D eigenvalue weighted by atomic mass is 32.2. The molecule has 1 heterocycles. The standard InChI is InChI=1S/C14H18N4O3S/c1-3-15-13(20)18-12(19)8-22-14-16-10-6-5-9(21-4-2)7-11(10)17-14/h5-7H,3-4,8H2,1-2H3,(H,16,17)(H2,15,18,19,20). The van der Waals surface area contributed by atoms with Gasteiger partial charge in [-0.3, -0.25) is 10.1 Å². The Morgan fingerprint density at radius 3 is 2.91 bits per heavy atom. The first-order chi connectivity index (χ1) is 10.6. The molecule has 22 heavy (non-hydrogen) atoms. The van der Waals surface area contributed by atoms with Crippen LogP contribution in [0.1, 0.15) is 13.8 Å². The molecule has 0 unspecified atom stereocenters. The number of nitrogens with one attached hydrogen (secondary N) is 3. The minimum absolute atomic E-state index is 0.106. The summed E-state index contributed by atoms with van der Waals surface area (Å²) in [6.45, 7) is 4.77. The highest BCUT2D eigenvalue weighted by Crippen LogP contribution is 2.23. The SMILES string of the molecule is CCNC(=O)NC(=O)CSc1nc2ccc(OCC)cc2[nH]1. The molecule has 0 radical (unpaired) electrons. The van der Waals surface area contributed by atoms with Gasteiger partial charge in [0.25, 0.3) is 0 Å². The predicted molar refractivity (Wildman–Crippen MR) is 85.2 cm³/mol. The Balaban J connectivity index is 1.94. The zero-order chi connectivity index (χ0) is 15.9. The van der Waals surface area contributed by atoms with Crippen LogP contribution in [0.2, 0.25) is 0 Å². The van der Waals surface area contributed by atoms with E-state index >= 15 is 0 Å². The third-order valence-corrected chi connectivity index (χ3v) is 3.55. The first-order valence-electron chi connectivity index (χ1n) is 6.95. The zero-order valence-electron chi connectivity index (χ0n) is 12.4. The summed E-state index contributed by atoms with van der Waals surface area (Å²) in [5.41, 5.74) is 1.65. The number of urea groups is 1. The fraction of sp³-hybridized carbons (Fsp3) is 0.357. The summed E-state index contributed by atoms with van der Waals surface area (Å²) in [4.78, 5) is 30.3. The first kappa shape index (κ1) is 16.2. The van der Waals surface area contributed by atoms with Crippen molar-refractivity contribution in [3.63, 3.8) is 0 Å². The Morgan fingerprint density at radius 2 is 2.18 bits per heavy atom. The maximum Gasteiger partial charge on any atom is 0.321 e. The minimum Gasteiger partial charge on any atom is -0.494 e. The second kappa shape index (κ2) is 7.69. The summed E-state index contributed by atoms with van der Waals surface area (Å²) < 4.78 is 5.42. The molecule has 1 aromatic carbocycles. The molecule has 0 bridgehead atoms. The topological polar surface area (TPSA) is 96.1 Å². The Labute approximate surface area is 132 Å². The summed E-state index contributed by atoms with van der Waals surface area (Å²) in [7, 11) is 0. The fourth-order valence-electron chi connectivity index (χ4n) is 1.79. The van der Waals surface area contributed by atoms with Crippen molar-refractivity contribution in [3.05, 3.63) is 18.2 Å². The lowest BCUT2D eigenvalue weighted by Gasteiger charge is -2.03. The van der Waals surface area contributed by atoms with Gasteiger partial charge in [0.1, 0.15) is 5.75 Å².